The molecule has 0 radical (unpaired) electrons. The fraction of sp³-hybridized carbons (Fsp3) is 0.833. The molecule has 7 heteroatoms. The number of hydrogen-bond acceptors (Lipinski definition) is 5. The van der Waals surface area contributed by atoms with Gasteiger partial charge in [-0.1, -0.05) is 0 Å². The molecule has 0 amide bonds. The van der Waals surface area contributed by atoms with Crippen LogP contribution in [0.1, 0.15) is 25.7 Å². The van der Waals surface area contributed by atoms with Gasteiger partial charge in [-0.15, -0.1) is 0 Å². The quantitative estimate of drug-likeness (QED) is 0.642. The Hall–Kier alpha value is -0.500. The topological polar surface area (TPSA) is 116 Å². The number of Topliss-reactive ketones (excluding diaryl/α,β-unsaturated/α-hetero) is 1. The molecule has 4 N–H and O–H groups in total. The van der Waals surface area contributed by atoms with Crippen molar-refractivity contribution in [3.8, 4) is 0 Å². The summed E-state index contributed by atoms with van der Waals surface area (Å²) in [5.41, 5.74) is 0. The van der Waals surface area contributed by atoms with Gasteiger partial charge in [-0.25, -0.2) is 4.18 Å². The van der Waals surface area contributed by atoms with Crippen molar-refractivity contribution in [2.24, 2.45) is 0 Å². The van der Waals surface area contributed by atoms with Crippen LogP contribution in [0.15, 0.2) is 0 Å². The molecule has 0 aromatic heterocycles. The van der Waals surface area contributed by atoms with Gasteiger partial charge in [-0.3, -0.25) is 9.35 Å². The minimum Gasteiger partial charge on any atom is -0.344 e. The highest BCUT2D eigenvalue weighted by molar-refractivity contribution is 7.80. The van der Waals surface area contributed by atoms with Crippen LogP contribution in [0.4, 0.5) is 0 Å². The molecule has 0 saturated heterocycles. The van der Waals surface area contributed by atoms with Crippen molar-refractivity contribution in [3.05, 3.63) is 0 Å². The van der Waals surface area contributed by atoms with Crippen LogP contribution < -0.4 is 6.15 Å². The van der Waals surface area contributed by atoms with Crippen LogP contribution in [0.2, 0.25) is 0 Å². The normalized spacial score (nSPS) is 23.8. The monoisotopic (exact) mass is 211 g/mol. The number of rotatable bonds is 2. The summed E-state index contributed by atoms with van der Waals surface area (Å²) >= 11 is 0. The Kier molecular flexibility index (Phi) is 4.48. The Balaban J connectivity index is 0.00000144. The van der Waals surface area contributed by atoms with Crippen LogP contribution in [0.25, 0.3) is 0 Å². The molecule has 1 rings (SSSR count). The molecule has 0 aromatic carbocycles. The van der Waals surface area contributed by atoms with Crippen molar-refractivity contribution in [1.82, 2.24) is 6.15 Å². The third kappa shape index (κ3) is 4.32. The van der Waals surface area contributed by atoms with E-state index in [9.17, 15) is 13.2 Å². The Morgan fingerprint density at radius 2 is 2.00 bits per heavy atom. The lowest BCUT2D eigenvalue weighted by atomic mass is 9.97. The van der Waals surface area contributed by atoms with E-state index in [4.69, 9.17) is 4.55 Å². The Morgan fingerprint density at radius 3 is 2.46 bits per heavy atom. The molecule has 78 valence electrons. The molecule has 1 saturated carbocycles. The predicted octanol–water partition coefficient (Wildman–Crippen LogP) is 0.479. The van der Waals surface area contributed by atoms with E-state index in [1.807, 2.05) is 0 Å². The standard InChI is InChI=1S/C6H10O5S.H3N/c7-5-3-1-2-4-6(5)11-12(8,9)10;/h6H,1-4H2,(H,8,9,10);1H3. The van der Waals surface area contributed by atoms with E-state index < -0.39 is 16.5 Å². The molecular weight excluding hydrogens is 198 g/mol. The average molecular weight is 211 g/mol. The fourth-order valence-electron chi connectivity index (χ4n) is 1.20. The van der Waals surface area contributed by atoms with E-state index in [2.05, 4.69) is 4.18 Å². The molecule has 0 heterocycles. The van der Waals surface area contributed by atoms with Crippen molar-refractivity contribution in [1.29, 1.82) is 0 Å². The van der Waals surface area contributed by atoms with Gasteiger partial charge in [-0.2, -0.15) is 8.42 Å². The van der Waals surface area contributed by atoms with Crippen LogP contribution in [0, 0.1) is 0 Å². The summed E-state index contributed by atoms with van der Waals surface area (Å²) in [7, 11) is -4.48. The lowest BCUT2D eigenvalue weighted by molar-refractivity contribution is -0.127. The first-order valence-electron chi connectivity index (χ1n) is 3.67. The lowest BCUT2D eigenvalue weighted by Crippen LogP contribution is -2.29. The van der Waals surface area contributed by atoms with Gasteiger partial charge in [0.15, 0.2) is 5.78 Å². The van der Waals surface area contributed by atoms with Crippen molar-refractivity contribution in [2.45, 2.75) is 31.8 Å². The van der Waals surface area contributed by atoms with Gasteiger partial charge in [0.1, 0.15) is 6.10 Å². The summed E-state index contributed by atoms with van der Waals surface area (Å²) in [5, 5.41) is 0. The Morgan fingerprint density at radius 1 is 1.38 bits per heavy atom. The highest BCUT2D eigenvalue weighted by Crippen LogP contribution is 2.18. The van der Waals surface area contributed by atoms with E-state index in [1.165, 1.54) is 0 Å². The Labute approximate surface area is 76.8 Å². The zero-order valence-electron chi connectivity index (χ0n) is 7.10. The Bertz CT molecular complexity index is 273. The van der Waals surface area contributed by atoms with Gasteiger partial charge in [0.25, 0.3) is 0 Å². The minimum absolute atomic E-state index is 0. The number of carbonyl (C=O) groups is 1. The van der Waals surface area contributed by atoms with E-state index >= 15 is 0 Å². The number of ketones is 1. The van der Waals surface area contributed by atoms with E-state index in [1.54, 1.807) is 0 Å². The maximum atomic E-state index is 11.0. The van der Waals surface area contributed by atoms with Crippen LogP contribution in [-0.2, 0) is 19.4 Å². The van der Waals surface area contributed by atoms with Gasteiger partial charge in [0.2, 0.25) is 0 Å². The molecule has 1 aliphatic rings. The third-order valence-corrected chi connectivity index (χ3v) is 2.21. The third-order valence-electron chi connectivity index (χ3n) is 1.74. The second-order valence-corrected chi connectivity index (χ2v) is 3.77. The second kappa shape index (κ2) is 4.66. The first-order chi connectivity index (χ1) is 5.49. The van der Waals surface area contributed by atoms with E-state index in [0.29, 0.717) is 12.8 Å². The molecule has 1 aliphatic carbocycles. The van der Waals surface area contributed by atoms with Crippen LogP contribution in [0.5, 0.6) is 0 Å². The smallest absolute Gasteiger partial charge is 0.344 e. The van der Waals surface area contributed by atoms with Crippen LogP contribution in [0.3, 0.4) is 0 Å². The summed E-state index contributed by atoms with van der Waals surface area (Å²) < 4.78 is 32.9. The summed E-state index contributed by atoms with van der Waals surface area (Å²) in [4.78, 5) is 11.0. The molecule has 0 aromatic rings. The zero-order chi connectivity index (χ0) is 9.19. The molecule has 0 bridgehead atoms. The van der Waals surface area contributed by atoms with Crippen molar-refractivity contribution >= 4 is 16.2 Å². The fourth-order valence-corrected chi connectivity index (χ4v) is 1.70. The molecule has 13 heavy (non-hydrogen) atoms. The molecule has 1 unspecified atom stereocenters. The molecular formula is C6H13NO5S. The first-order valence-corrected chi connectivity index (χ1v) is 5.04. The van der Waals surface area contributed by atoms with E-state index in [0.717, 1.165) is 12.8 Å². The largest absolute Gasteiger partial charge is 0.398 e. The maximum Gasteiger partial charge on any atom is 0.398 e. The maximum absolute atomic E-state index is 11.0. The van der Waals surface area contributed by atoms with Crippen molar-refractivity contribution in [2.75, 3.05) is 0 Å². The van der Waals surface area contributed by atoms with Crippen LogP contribution in [-0.4, -0.2) is 24.9 Å². The predicted molar refractivity (Wildman–Crippen MR) is 44.9 cm³/mol. The van der Waals surface area contributed by atoms with Crippen molar-refractivity contribution < 1.29 is 21.9 Å². The molecule has 1 fully saturated rings. The highest BCUT2D eigenvalue weighted by Gasteiger charge is 2.27. The second-order valence-electron chi connectivity index (χ2n) is 2.72. The summed E-state index contributed by atoms with van der Waals surface area (Å²) in [6, 6.07) is 0. The number of carbonyl (C=O) groups excluding carboxylic acids is 1. The van der Waals surface area contributed by atoms with Gasteiger partial charge in [0, 0.05) is 6.42 Å². The highest BCUT2D eigenvalue weighted by atomic mass is 32.3. The van der Waals surface area contributed by atoms with Crippen molar-refractivity contribution in [3.63, 3.8) is 0 Å². The molecule has 0 spiro atoms. The summed E-state index contributed by atoms with van der Waals surface area (Å²) in [6.07, 6.45) is 1.27. The SMILES string of the molecule is N.O=C1CCCCC1OS(=O)(=O)O. The van der Waals surface area contributed by atoms with Gasteiger partial charge in [0.05, 0.1) is 0 Å². The molecule has 6 nitrogen and oxygen atoms in total. The first kappa shape index (κ1) is 12.5. The zero-order valence-corrected chi connectivity index (χ0v) is 7.92. The molecule has 1 atom stereocenters. The average Bonchev–Trinajstić information content (AvgIpc) is 1.91. The summed E-state index contributed by atoms with van der Waals surface area (Å²) in [6.45, 7) is 0. The van der Waals surface area contributed by atoms with Crippen LogP contribution >= 0.6 is 0 Å². The molecule has 0 aliphatic heterocycles. The number of hydrogen-bond donors (Lipinski definition) is 2. The minimum atomic E-state index is -4.48. The van der Waals surface area contributed by atoms with Gasteiger partial charge >= 0.3 is 10.4 Å². The summed E-state index contributed by atoms with van der Waals surface area (Å²) in [5.74, 6) is -0.251. The van der Waals surface area contributed by atoms with Gasteiger partial charge in [-0.05, 0) is 19.3 Å². The lowest BCUT2D eigenvalue weighted by Gasteiger charge is -2.18. The van der Waals surface area contributed by atoms with E-state index in [-0.39, 0.29) is 11.9 Å². The van der Waals surface area contributed by atoms with Gasteiger partial charge < -0.3 is 6.15 Å².